The Hall–Kier alpha value is -0.610. The minimum atomic E-state index is -0.681. The van der Waals surface area contributed by atoms with E-state index in [4.69, 9.17) is 10.2 Å². The van der Waals surface area contributed by atoms with Crippen LogP contribution in [0.15, 0.2) is 0 Å². The molecule has 0 spiro atoms. The minimum absolute atomic E-state index is 0.215. The van der Waals surface area contributed by atoms with E-state index in [1.165, 1.54) is 0 Å². The molecule has 0 radical (unpaired) electrons. The van der Waals surface area contributed by atoms with E-state index < -0.39 is 11.4 Å². The minimum Gasteiger partial charge on any atom is -0.481 e. The SMILES string of the molecule is CC1(C(=O)O)CCN(CCCO)CC1. The van der Waals surface area contributed by atoms with Gasteiger partial charge in [-0.1, -0.05) is 0 Å². The van der Waals surface area contributed by atoms with Crippen LogP contribution in [-0.4, -0.2) is 47.3 Å². The highest BCUT2D eigenvalue weighted by atomic mass is 16.4. The molecule has 0 saturated carbocycles. The lowest BCUT2D eigenvalue weighted by Gasteiger charge is -2.36. The Morgan fingerprint density at radius 2 is 2.00 bits per heavy atom. The predicted molar refractivity (Wildman–Crippen MR) is 53.1 cm³/mol. The van der Waals surface area contributed by atoms with Crippen molar-refractivity contribution in [3.05, 3.63) is 0 Å². The normalized spacial score (nSPS) is 22.1. The Labute approximate surface area is 84.5 Å². The lowest BCUT2D eigenvalue weighted by atomic mass is 9.80. The van der Waals surface area contributed by atoms with Gasteiger partial charge in [0.25, 0.3) is 0 Å². The molecule has 82 valence electrons. The van der Waals surface area contributed by atoms with Crippen molar-refractivity contribution < 1.29 is 15.0 Å². The van der Waals surface area contributed by atoms with Crippen molar-refractivity contribution in [2.45, 2.75) is 26.2 Å². The van der Waals surface area contributed by atoms with Crippen LogP contribution < -0.4 is 0 Å². The van der Waals surface area contributed by atoms with Gasteiger partial charge in [0.15, 0.2) is 0 Å². The van der Waals surface area contributed by atoms with Crippen molar-refractivity contribution >= 4 is 5.97 Å². The summed E-state index contributed by atoms with van der Waals surface area (Å²) < 4.78 is 0. The fourth-order valence-corrected chi connectivity index (χ4v) is 1.78. The molecule has 2 N–H and O–H groups in total. The molecular weight excluding hydrogens is 182 g/mol. The van der Waals surface area contributed by atoms with E-state index in [1.54, 1.807) is 0 Å². The summed E-state index contributed by atoms with van der Waals surface area (Å²) in [7, 11) is 0. The highest BCUT2D eigenvalue weighted by molar-refractivity contribution is 5.74. The number of carbonyl (C=O) groups is 1. The maximum absolute atomic E-state index is 10.9. The van der Waals surface area contributed by atoms with E-state index >= 15 is 0 Å². The average Bonchev–Trinajstić information content (AvgIpc) is 2.17. The number of hydrogen-bond donors (Lipinski definition) is 2. The molecule has 1 aliphatic heterocycles. The first-order chi connectivity index (χ1) is 6.58. The number of hydrogen-bond acceptors (Lipinski definition) is 3. The molecule has 0 atom stereocenters. The van der Waals surface area contributed by atoms with Gasteiger partial charge in [-0.15, -0.1) is 0 Å². The van der Waals surface area contributed by atoms with E-state index in [-0.39, 0.29) is 6.61 Å². The third-order valence-corrected chi connectivity index (χ3v) is 3.11. The number of carboxylic acids is 1. The molecule has 0 aromatic heterocycles. The Morgan fingerprint density at radius 3 is 2.43 bits per heavy atom. The molecule has 0 unspecified atom stereocenters. The van der Waals surface area contributed by atoms with Crippen LogP contribution in [0, 0.1) is 5.41 Å². The van der Waals surface area contributed by atoms with Crippen molar-refractivity contribution in [2.24, 2.45) is 5.41 Å². The molecule has 14 heavy (non-hydrogen) atoms. The van der Waals surface area contributed by atoms with Gasteiger partial charge in [0.1, 0.15) is 0 Å². The summed E-state index contributed by atoms with van der Waals surface area (Å²) in [6.07, 6.45) is 2.21. The molecule has 0 bridgehead atoms. The van der Waals surface area contributed by atoms with Gasteiger partial charge in [-0.05, 0) is 39.3 Å². The second-order valence-electron chi connectivity index (χ2n) is 4.28. The van der Waals surface area contributed by atoms with Gasteiger partial charge < -0.3 is 15.1 Å². The lowest BCUT2D eigenvalue weighted by Crippen LogP contribution is -2.43. The van der Waals surface area contributed by atoms with Crippen LogP contribution in [0.2, 0.25) is 0 Å². The van der Waals surface area contributed by atoms with Crippen molar-refractivity contribution in [3.63, 3.8) is 0 Å². The Morgan fingerprint density at radius 1 is 1.43 bits per heavy atom. The zero-order chi connectivity index (χ0) is 10.6. The number of piperidine rings is 1. The lowest BCUT2D eigenvalue weighted by molar-refractivity contribution is -0.150. The number of aliphatic carboxylic acids is 1. The topological polar surface area (TPSA) is 60.8 Å². The first-order valence-corrected chi connectivity index (χ1v) is 5.15. The largest absolute Gasteiger partial charge is 0.481 e. The molecule has 0 aliphatic carbocycles. The van der Waals surface area contributed by atoms with Gasteiger partial charge >= 0.3 is 5.97 Å². The summed E-state index contributed by atoms with van der Waals surface area (Å²) in [5, 5.41) is 17.7. The summed E-state index contributed by atoms with van der Waals surface area (Å²) in [5.74, 6) is -0.681. The van der Waals surface area contributed by atoms with E-state index in [0.717, 1.165) is 26.1 Å². The monoisotopic (exact) mass is 201 g/mol. The summed E-state index contributed by atoms with van der Waals surface area (Å²) in [6.45, 7) is 4.59. The van der Waals surface area contributed by atoms with E-state index in [9.17, 15) is 4.79 Å². The third-order valence-electron chi connectivity index (χ3n) is 3.11. The average molecular weight is 201 g/mol. The Kier molecular flexibility index (Phi) is 3.89. The van der Waals surface area contributed by atoms with Crippen LogP contribution in [-0.2, 0) is 4.79 Å². The molecule has 4 nitrogen and oxygen atoms in total. The summed E-state index contributed by atoms with van der Waals surface area (Å²) in [6, 6.07) is 0. The van der Waals surface area contributed by atoms with Crippen molar-refractivity contribution in [1.82, 2.24) is 4.90 Å². The maximum atomic E-state index is 10.9. The molecular formula is C10H19NO3. The van der Waals surface area contributed by atoms with Crippen molar-refractivity contribution in [2.75, 3.05) is 26.2 Å². The van der Waals surface area contributed by atoms with Crippen LogP contribution >= 0.6 is 0 Å². The van der Waals surface area contributed by atoms with Crippen molar-refractivity contribution in [3.8, 4) is 0 Å². The molecule has 0 aromatic carbocycles. The number of likely N-dealkylation sites (tertiary alicyclic amines) is 1. The second kappa shape index (κ2) is 4.75. The molecule has 1 heterocycles. The Bertz CT molecular complexity index is 198. The van der Waals surface area contributed by atoms with Crippen LogP contribution in [0.5, 0.6) is 0 Å². The summed E-state index contributed by atoms with van der Waals surface area (Å²) >= 11 is 0. The van der Waals surface area contributed by atoms with Crippen LogP contribution in [0.25, 0.3) is 0 Å². The van der Waals surface area contributed by atoms with E-state index in [0.29, 0.717) is 12.8 Å². The zero-order valence-electron chi connectivity index (χ0n) is 8.70. The van der Waals surface area contributed by atoms with Crippen LogP contribution in [0.4, 0.5) is 0 Å². The first kappa shape index (κ1) is 11.5. The number of carboxylic acid groups (broad SMARTS) is 1. The summed E-state index contributed by atoms with van der Waals surface area (Å²) in [5.41, 5.74) is -0.532. The van der Waals surface area contributed by atoms with Gasteiger partial charge in [-0.3, -0.25) is 4.79 Å². The van der Waals surface area contributed by atoms with Gasteiger partial charge in [-0.2, -0.15) is 0 Å². The van der Waals surface area contributed by atoms with Crippen LogP contribution in [0.1, 0.15) is 26.2 Å². The molecule has 4 heteroatoms. The number of aliphatic hydroxyl groups excluding tert-OH is 1. The van der Waals surface area contributed by atoms with Gasteiger partial charge in [0.2, 0.25) is 0 Å². The molecule has 1 aliphatic rings. The fourth-order valence-electron chi connectivity index (χ4n) is 1.78. The predicted octanol–water partition coefficient (Wildman–Crippen LogP) is 0.556. The van der Waals surface area contributed by atoms with Gasteiger partial charge in [0.05, 0.1) is 5.41 Å². The second-order valence-corrected chi connectivity index (χ2v) is 4.28. The number of aliphatic hydroxyl groups is 1. The van der Waals surface area contributed by atoms with Gasteiger partial charge in [0, 0.05) is 13.2 Å². The quantitative estimate of drug-likeness (QED) is 0.697. The van der Waals surface area contributed by atoms with Crippen LogP contribution in [0.3, 0.4) is 0 Å². The zero-order valence-corrected chi connectivity index (χ0v) is 8.70. The molecule has 0 amide bonds. The summed E-state index contributed by atoms with van der Waals surface area (Å²) in [4.78, 5) is 13.2. The van der Waals surface area contributed by atoms with Gasteiger partial charge in [-0.25, -0.2) is 0 Å². The highest BCUT2D eigenvalue weighted by Crippen LogP contribution is 2.30. The van der Waals surface area contributed by atoms with E-state index in [2.05, 4.69) is 4.90 Å². The highest BCUT2D eigenvalue weighted by Gasteiger charge is 2.36. The molecule has 1 saturated heterocycles. The van der Waals surface area contributed by atoms with E-state index in [1.807, 2.05) is 6.92 Å². The number of rotatable bonds is 4. The molecule has 1 rings (SSSR count). The standard InChI is InChI=1S/C10H19NO3/c1-10(9(13)14)3-6-11(7-4-10)5-2-8-12/h12H,2-8H2,1H3,(H,13,14). The maximum Gasteiger partial charge on any atom is 0.309 e. The smallest absolute Gasteiger partial charge is 0.309 e. The first-order valence-electron chi connectivity index (χ1n) is 5.15. The fraction of sp³-hybridized carbons (Fsp3) is 0.900. The Balaban J connectivity index is 2.34. The number of nitrogens with zero attached hydrogens (tertiary/aromatic N) is 1. The molecule has 0 aromatic rings. The third kappa shape index (κ3) is 2.69. The van der Waals surface area contributed by atoms with Crippen molar-refractivity contribution in [1.29, 1.82) is 0 Å². The molecule has 1 fully saturated rings.